The standard InChI is InChI=1S/C20H24N4O/c1-23-17-9-5-4-8-16(17)22-20(23)14-24-12-11-21-13-18(24)15-7-3-6-10-19(15)25-2/h3-10,18,21H,11-14H2,1-2H3. The van der Waals surface area contributed by atoms with Crippen LogP contribution in [0.5, 0.6) is 5.75 Å². The molecule has 0 spiro atoms. The van der Waals surface area contributed by atoms with Crippen LogP contribution in [0, 0.1) is 0 Å². The number of hydrogen-bond donors (Lipinski definition) is 1. The van der Waals surface area contributed by atoms with E-state index < -0.39 is 0 Å². The summed E-state index contributed by atoms with van der Waals surface area (Å²) in [5.74, 6) is 2.05. The Hall–Kier alpha value is -2.37. The molecule has 5 heteroatoms. The van der Waals surface area contributed by atoms with E-state index >= 15 is 0 Å². The molecule has 1 aliphatic rings. The Morgan fingerprint density at radius 3 is 2.80 bits per heavy atom. The summed E-state index contributed by atoms with van der Waals surface area (Å²) in [5, 5.41) is 3.52. The highest BCUT2D eigenvalue weighted by molar-refractivity contribution is 5.75. The molecule has 1 atom stereocenters. The molecular weight excluding hydrogens is 312 g/mol. The van der Waals surface area contributed by atoms with Gasteiger partial charge in [-0.05, 0) is 18.2 Å². The molecule has 0 amide bonds. The van der Waals surface area contributed by atoms with E-state index in [0.717, 1.165) is 43.3 Å². The fourth-order valence-electron chi connectivity index (χ4n) is 3.70. The smallest absolute Gasteiger partial charge is 0.123 e. The van der Waals surface area contributed by atoms with Gasteiger partial charge in [0.2, 0.25) is 0 Å². The molecule has 1 aliphatic heterocycles. The molecule has 1 aromatic heterocycles. The van der Waals surface area contributed by atoms with Gasteiger partial charge in [0.25, 0.3) is 0 Å². The van der Waals surface area contributed by atoms with Crippen LogP contribution in [-0.2, 0) is 13.6 Å². The summed E-state index contributed by atoms with van der Waals surface area (Å²) in [7, 11) is 3.84. The normalized spacial score (nSPS) is 18.6. The second-order valence-corrected chi connectivity index (χ2v) is 6.51. The van der Waals surface area contributed by atoms with E-state index in [4.69, 9.17) is 9.72 Å². The van der Waals surface area contributed by atoms with Crippen LogP contribution in [0.3, 0.4) is 0 Å². The van der Waals surface area contributed by atoms with E-state index in [9.17, 15) is 0 Å². The first-order chi connectivity index (χ1) is 12.3. The summed E-state index contributed by atoms with van der Waals surface area (Å²) in [5.41, 5.74) is 3.47. The van der Waals surface area contributed by atoms with Gasteiger partial charge in [0.15, 0.2) is 0 Å². The van der Waals surface area contributed by atoms with Crippen molar-refractivity contribution in [2.24, 2.45) is 7.05 Å². The summed E-state index contributed by atoms with van der Waals surface area (Å²) in [6.07, 6.45) is 0. The number of methoxy groups -OCH3 is 1. The third kappa shape index (κ3) is 3.01. The van der Waals surface area contributed by atoms with Crippen LogP contribution in [0.15, 0.2) is 48.5 Å². The summed E-state index contributed by atoms with van der Waals surface area (Å²) in [4.78, 5) is 7.34. The molecule has 0 radical (unpaired) electrons. The molecule has 2 aromatic carbocycles. The Kier molecular flexibility index (Phi) is 4.42. The van der Waals surface area contributed by atoms with Crippen LogP contribution < -0.4 is 10.1 Å². The zero-order valence-corrected chi connectivity index (χ0v) is 14.8. The van der Waals surface area contributed by atoms with Crippen molar-refractivity contribution < 1.29 is 4.74 Å². The molecule has 25 heavy (non-hydrogen) atoms. The van der Waals surface area contributed by atoms with E-state index in [0.29, 0.717) is 0 Å². The zero-order chi connectivity index (χ0) is 17.2. The number of ether oxygens (including phenoxy) is 1. The van der Waals surface area contributed by atoms with Crippen molar-refractivity contribution >= 4 is 11.0 Å². The maximum atomic E-state index is 5.59. The molecule has 1 unspecified atom stereocenters. The summed E-state index contributed by atoms with van der Waals surface area (Å²) in [6, 6.07) is 16.9. The maximum Gasteiger partial charge on any atom is 0.123 e. The Morgan fingerprint density at radius 2 is 1.96 bits per heavy atom. The third-order valence-corrected chi connectivity index (χ3v) is 5.08. The SMILES string of the molecule is COc1ccccc1C1CNCCN1Cc1nc2ccccc2n1C. The van der Waals surface area contributed by atoms with E-state index in [-0.39, 0.29) is 6.04 Å². The van der Waals surface area contributed by atoms with E-state index in [1.807, 2.05) is 18.2 Å². The predicted octanol–water partition coefficient (Wildman–Crippen LogP) is 2.73. The first kappa shape index (κ1) is 16.1. The lowest BCUT2D eigenvalue weighted by Crippen LogP contribution is -2.45. The van der Waals surface area contributed by atoms with E-state index in [2.05, 4.69) is 52.2 Å². The maximum absolute atomic E-state index is 5.59. The highest BCUT2D eigenvalue weighted by Crippen LogP contribution is 2.31. The molecule has 5 nitrogen and oxygen atoms in total. The van der Waals surface area contributed by atoms with Gasteiger partial charge in [-0.3, -0.25) is 4.90 Å². The first-order valence-corrected chi connectivity index (χ1v) is 8.76. The van der Waals surface area contributed by atoms with E-state index in [1.165, 1.54) is 11.1 Å². The van der Waals surface area contributed by atoms with Gasteiger partial charge in [-0.15, -0.1) is 0 Å². The van der Waals surface area contributed by atoms with Crippen molar-refractivity contribution in [1.29, 1.82) is 0 Å². The molecule has 0 aliphatic carbocycles. The number of fused-ring (bicyclic) bond motifs is 1. The number of hydrogen-bond acceptors (Lipinski definition) is 4. The summed E-state index contributed by atoms with van der Waals surface area (Å²) in [6.45, 7) is 3.74. The average molecular weight is 336 g/mol. The second-order valence-electron chi connectivity index (χ2n) is 6.51. The minimum Gasteiger partial charge on any atom is -0.496 e. The van der Waals surface area contributed by atoms with Gasteiger partial charge in [-0.1, -0.05) is 30.3 Å². The molecule has 2 heterocycles. The number of para-hydroxylation sites is 3. The minimum absolute atomic E-state index is 0.282. The minimum atomic E-state index is 0.282. The Morgan fingerprint density at radius 1 is 1.16 bits per heavy atom. The number of aryl methyl sites for hydroxylation is 1. The first-order valence-electron chi connectivity index (χ1n) is 8.76. The third-order valence-electron chi connectivity index (χ3n) is 5.08. The largest absolute Gasteiger partial charge is 0.496 e. The molecule has 130 valence electrons. The fraction of sp³-hybridized carbons (Fsp3) is 0.350. The van der Waals surface area contributed by atoms with Crippen LogP contribution in [0.25, 0.3) is 11.0 Å². The second kappa shape index (κ2) is 6.86. The predicted molar refractivity (Wildman–Crippen MR) is 99.7 cm³/mol. The van der Waals surface area contributed by atoms with Gasteiger partial charge in [0, 0.05) is 32.2 Å². The quantitative estimate of drug-likeness (QED) is 0.795. The lowest BCUT2D eigenvalue weighted by atomic mass is 10.0. The van der Waals surface area contributed by atoms with Gasteiger partial charge in [-0.25, -0.2) is 4.98 Å². The lowest BCUT2D eigenvalue weighted by Gasteiger charge is -2.36. The Labute approximate surface area is 148 Å². The topological polar surface area (TPSA) is 42.3 Å². The Bertz CT molecular complexity index is 873. The van der Waals surface area contributed by atoms with Crippen LogP contribution in [0.4, 0.5) is 0 Å². The molecule has 0 saturated carbocycles. The Balaban J connectivity index is 1.66. The highest BCUT2D eigenvalue weighted by atomic mass is 16.5. The molecular formula is C20H24N4O. The summed E-state index contributed by atoms with van der Waals surface area (Å²) < 4.78 is 7.80. The number of nitrogens with one attached hydrogen (secondary N) is 1. The van der Waals surface area contributed by atoms with Crippen molar-refractivity contribution in [3.05, 3.63) is 59.9 Å². The number of piperazine rings is 1. The average Bonchev–Trinajstić information content (AvgIpc) is 2.98. The van der Waals surface area contributed by atoms with Crippen LogP contribution in [-0.4, -0.2) is 41.2 Å². The van der Waals surface area contributed by atoms with Gasteiger partial charge in [0.05, 0.1) is 30.7 Å². The molecule has 1 fully saturated rings. The van der Waals surface area contributed by atoms with Crippen LogP contribution in [0.2, 0.25) is 0 Å². The van der Waals surface area contributed by atoms with Crippen LogP contribution >= 0.6 is 0 Å². The van der Waals surface area contributed by atoms with Crippen molar-refractivity contribution in [1.82, 2.24) is 19.8 Å². The molecule has 4 rings (SSSR count). The summed E-state index contributed by atoms with van der Waals surface area (Å²) >= 11 is 0. The fourth-order valence-corrected chi connectivity index (χ4v) is 3.70. The number of benzene rings is 2. The number of aromatic nitrogens is 2. The van der Waals surface area contributed by atoms with Crippen molar-refractivity contribution in [2.45, 2.75) is 12.6 Å². The van der Waals surface area contributed by atoms with E-state index in [1.54, 1.807) is 7.11 Å². The molecule has 1 saturated heterocycles. The van der Waals surface area contributed by atoms with Gasteiger partial charge < -0.3 is 14.6 Å². The number of imidazole rings is 1. The number of nitrogens with zero attached hydrogens (tertiary/aromatic N) is 3. The van der Waals surface area contributed by atoms with Gasteiger partial charge in [-0.2, -0.15) is 0 Å². The molecule has 0 bridgehead atoms. The van der Waals surface area contributed by atoms with Crippen molar-refractivity contribution in [3.8, 4) is 5.75 Å². The highest BCUT2D eigenvalue weighted by Gasteiger charge is 2.27. The number of rotatable bonds is 4. The van der Waals surface area contributed by atoms with Gasteiger partial charge in [0.1, 0.15) is 11.6 Å². The van der Waals surface area contributed by atoms with Gasteiger partial charge >= 0.3 is 0 Å². The monoisotopic (exact) mass is 336 g/mol. The lowest BCUT2D eigenvalue weighted by molar-refractivity contribution is 0.146. The van der Waals surface area contributed by atoms with Crippen molar-refractivity contribution in [3.63, 3.8) is 0 Å². The van der Waals surface area contributed by atoms with Crippen molar-refractivity contribution in [2.75, 3.05) is 26.7 Å². The molecule has 1 N–H and O–H groups in total. The molecule has 3 aromatic rings. The van der Waals surface area contributed by atoms with Crippen LogP contribution in [0.1, 0.15) is 17.4 Å². The zero-order valence-electron chi connectivity index (χ0n) is 14.8.